The summed E-state index contributed by atoms with van der Waals surface area (Å²) in [6.07, 6.45) is 1.55. The molecule has 0 amide bonds. The summed E-state index contributed by atoms with van der Waals surface area (Å²) in [5.74, 6) is 0.707. The van der Waals surface area contributed by atoms with Gasteiger partial charge in [-0.3, -0.25) is 4.79 Å². The molecular weight excluding hydrogens is 242 g/mol. The van der Waals surface area contributed by atoms with E-state index < -0.39 is 0 Å². The number of rotatable bonds is 8. The summed E-state index contributed by atoms with van der Waals surface area (Å²) < 4.78 is 10.3. The van der Waals surface area contributed by atoms with Crippen molar-refractivity contribution in [3.8, 4) is 5.75 Å². The van der Waals surface area contributed by atoms with Crippen LogP contribution in [0.2, 0.25) is 0 Å². The zero-order chi connectivity index (χ0) is 14.1. The second kappa shape index (κ2) is 8.53. The molecule has 0 bridgehead atoms. The molecular formula is C15H23NO3. The van der Waals surface area contributed by atoms with Crippen LogP contribution in [0.1, 0.15) is 25.8 Å². The molecule has 1 rings (SSSR count). The van der Waals surface area contributed by atoms with Crippen molar-refractivity contribution in [3.05, 3.63) is 29.8 Å². The maximum Gasteiger partial charge on any atom is 0.323 e. The average molecular weight is 265 g/mol. The molecule has 0 spiro atoms. The summed E-state index contributed by atoms with van der Waals surface area (Å²) in [6, 6.07) is 7.68. The Morgan fingerprint density at radius 1 is 1.32 bits per heavy atom. The van der Waals surface area contributed by atoms with Gasteiger partial charge < -0.3 is 14.8 Å². The lowest BCUT2D eigenvalue weighted by molar-refractivity contribution is -0.145. The Balaban J connectivity index is 2.46. The molecule has 106 valence electrons. The molecule has 4 heteroatoms. The highest BCUT2D eigenvalue weighted by Crippen LogP contribution is 2.17. The van der Waals surface area contributed by atoms with Crippen LogP contribution in [0.4, 0.5) is 0 Å². The molecule has 19 heavy (non-hydrogen) atoms. The van der Waals surface area contributed by atoms with E-state index in [1.807, 2.05) is 38.1 Å². The van der Waals surface area contributed by atoms with Crippen LogP contribution in [-0.2, 0) is 16.0 Å². The van der Waals surface area contributed by atoms with Gasteiger partial charge >= 0.3 is 5.97 Å². The van der Waals surface area contributed by atoms with Crippen LogP contribution in [-0.4, -0.2) is 32.3 Å². The van der Waals surface area contributed by atoms with Crippen LogP contribution < -0.4 is 10.1 Å². The van der Waals surface area contributed by atoms with E-state index in [1.165, 1.54) is 0 Å². The van der Waals surface area contributed by atoms with Gasteiger partial charge in [0.15, 0.2) is 0 Å². The van der Waals surface area contributed by atoms with Crippen molar-refractivity contribution in [2.24, 2.45) is 0 Å². The zero-order valence-corrected chi connectivity index (χ0v) is 11.9. The third-order valence-electron chi connectivity index (χ3n) is 2.96. The van der Waals surface area contributed by atoms with Crippen molar-refractivity contribution in [1.82, 2.24) is 5.32 Å². The molecule has 1 N–H and O–H groups in total. The molecule has 1 aromatic rings. The summed E-state index contributed by atoms with van der Waals surface area (Å²) in [4.78, 5) is 11.6. The maximum absolute atomic E-state index is 11.6. The highest BCUT2D eigenvalue weighted by molar-refractivity contribution is 5.75. The van der Waals surface area contributed by atoms with Gasteiger partial charge in [0.05, 0.1) is 13.7 Å². The van der Waals surface area contributed by atoms with Crippen LogP contribution >= 0.6 is 0 Å². The van der Waals surface area contributed by atoms with Crippen LogP contribution in [0.25, 0.3) is 0 Å². The molecule has 0 aliphatic rings. The largest absolute Gasteiger partial charge is 0.496 e. The first kappa shape index (κ1) is 15.5. The van der Waals surface area contributed by atoms with Gasteiger partial charge in [-0.2, -0.15) is 0 Å². The number of carbonyl (C=O) groups is 1. The normalized spacial score (nSPS) is 11.9. The van der Waals surface area contributed by atoms with Gasteiger partial charge in [-0.25, -0.2) is 0 Å². The number of ether oxygens (including phenoxy) is 2. The maximum atomic E-state index is 11.6. The third-order valence-corrected chi connectivity index (χ3v) is 2.96. The molecule has 4 nitrogen and oxygen atoms in total. The SMILES string of the molecule is CCOC(=O)C(CC)NCCc1ccccc1OC. The van der Waals surface area contributed by atoms with E-state index in [2.05, 4.69) is 5.32 Å². The fourth-order valence-electron chi connectivity index (χ4n) is 1.93. The minimum Gasteiger partial charge on any atom is -0.496 e. The number of benzene rings is 1. The highest BCUT2D eigenvalue weighted by atomic mass is 16.5. The highest BCUT2D eigenvalue weighted by Gasteiger charge is 2.16. The molecule has 1 unspecified atom stereocenters. The van der Waals surface area contributed by atoms with Gasteiger partial charge in [-0.1, -0.05) is 25.1 Å². The molecule has 0 aliphatic carbocycles. The van der Waals surface area contributed by atoms with Gasteiger partial charge in [0.25, 0.3) is 0 Å². The Kier molecular flexibility index (Phi) is 6.97. The van der Waals surface area contributed by atoms with E-state index in [9.17, 15) is 4.79 Å². The smallest absolute Gasteiger partial charge is 0.323 e. The first-order chi connectivity index (χ1) is 9.22. The van der Waals surface area contributed by atoms with E-state index in [0.717, 1.165) is 30.7 Å². The van der Waals surface area contributed by atoms with E-state index in [4.69, 9.17) is 9.47 Å². The molecule has 0 aliphatic heterocycles. The Morgan fingerprint density at radius 2 is 2.05 bits per heavy atom. The van der Waals surface area contributed by atoms with Crippen molar-refractivity contribution < 1.29 is 14.3 Å². The quantitative estimate of drug-likeness (QED) is 0.732. The fraction of sp³-hybridized carbons (Fsp3) is 0.533. The number of para-hydroxylation sites is 1. The first-order valence-corrected chi connectivity index (χ1v) is 6.74. The van der Waals surface area contributed by atoms with Crippen LogP contribution in [0.5, 0.6) is 5.75 Å². The predicted molar refractivity (Wildman–Crippen MR) is 75.4 cm³/mol. The number of nitrogens with one attached hydrogen (secondary N) is 1. The van der Waals surface area contributed by atoms with Gasteiger partial charge in [-0.05, 0) is 31.4 Å². The summed E-state index contributed by atoms with van der Waals surface area (Å²) in [6.45, 7) is 4.93. The predicted octanol–water partition coefficient (Wildman–Crippen LogP) is 2.17. The van der Waals surface area contributed by atoms with E-state index >= 15 is 0 Å². The molecule has 0 heterocycles. The number of carbonyl (C=O) groups excluding carboxylic acids is 1. The van der Waals surface area contributed by atoms with Crippen LogP contribution in [0, 0.1) is 0 Å². The third kappa shape index (κ3) is 4.91. The van der Waals surface area contributed by atoms with Crippen molar-refractivity contribution in [3.63, 3.8) is 0 Å². The number of methoxy groups -OCH3 is 1. The molecule has 0 radical (unpaired) electrons. The van der Waals surface area contributed by atoms with Crippen molar-refractivity contribution in [2.75, 3.05) is 20.3 Å². The lowest BCUT2D eigenvalue weighted by atomic mass is 10.1. The van der Waals surface area contributed by atoms with E-state index in [1.54, 1.807) is 7.11 Å². The van der Waals surface area contributed by atoms with E-state index in [0.29, 0.717) is 6.61 Å². The lowest BCUT2D eigenvalue weighted by Gasteiger charge is -2.16. The van der Waals surface area contributed by atoms with Crippen molar-refractivity contribution in [1.29, 1.82) is 0 Å². The first-order valence-electron chi connectivity index (χ1n) is 6.74. The number of esters is 1. The fourth-order valence-corrected chi connectivity index (χ4v) is 1.93. The minimum atomic E-state index is -0.227. The molecule has 0 fully saturated rings. The Bertz CT molecular complexity index is 393. The van der Waals surface area contributed by atoms with Gasteiger partial charge in [0, 0.05) is 6.54 Å². The van der Waals surface area contributed by atoms with Crippen molar-refractivity contribution in [2.45, 2.75) is 32.7 Å². The van der Waals surface area contributed by atoms with Gasteiger partial charge in [0.2, 0.25) is 0 Å². The summed E-state index contributed by atoms with van der Waals surface area (Å²) in [7, 11) is 1.67. The summed E-state index contributed by atoms with van der Waals surface area (Å²) in [5.41, 5.74) is 1.14. The Morgan fingerprint density at radius 3 is 2.68 bits per heavy atom. The second-order valence-electron chi connectivity index (χ2n) is 4.23. The molecule has 1 atom stereocenters. The molecule has 0 saturated carbocycles. The molecule has 0 saturated heterocycles. The number of hydrogen-bond donors (Lipinski definition) is 1. The average Bonchev–Trinajstić information content (AvgIpc) is 2.44. The Hall–Kier alpha value is -1.55. The lowest BCUT2D eigenvalue weighted by Crippen LogP contribution is -2.38. The Labute approximate surface area is 115 Å². The molecule has 0 aromatic heterocycles. The standard InChI is InChI=1S/C15H23NO3/c1-4-13(15(17)19-5-2)16-11-10-12-8-6-7-9-14(12)18-3/h6-9,13,16H,4-5,10-11H2,1-3H3. The van der Waals surface area contributed by atoms with E-state index in [-0.39, 0.29) is 12.0 Å². The van der Waals surface area contributed by atoms with Gasteiger partial charge in [-0.15, -0.1) is 0 Å². The minimum absolute atomic E-state index is 0.176. The van der Waals surface area contributed by atoms with Crippen LogP contribution in [0.3, 0.4) is 0 Å². The monoisotopic (exact) mass is 265 g/mol. The summed E-state index contributed by atoms with van der Waals surface area (Å²) >= 11 is 0. The second-order valence-corrected chi connectivity index (χ2v) is 4.23. The zero-order valence-electron chi connectivity index (χ0n) is 11.9. The topological polar surface area (TPSA) is 47.6 Å². The summed E-state index contributed by atoms with van der Waals surface area (Å²) in [5, 5.41) is 3.22. The van der Waals surface area contributed by atoms with Gasteiger partial charge in [0.1, 0.15) is 11.8 Å². The van der Waals surface area contributed by atoms with Crippen molar-refractivity contribution >= 4 is 5.97 Å². The van der Waals surface area contributed by atoms with Crippen LogP contribution in [0.15, 0.2) is 24.3 Å². The molecule has 1 aromatic carbocycles. The number of hydrogen-bond acceptors (Lipinski definition) is 4.